The lowest BCUT2D eigenvalue weighted by Crippen LogP contribution is -2.24. The molecule has 28 heavy (non-hydrogen) atoms. The first-order valence-corrected chi connectivity index (χ1v) is 10.6. The SMILES string of the molecule is Cc1cc(Oc2ccc(C3CCCCC3)cc2)c(C)cc1/N=C\N(C)C(C)C. The van der Waals surface area contributed by atoms with E-state index >= 15 is 0 Å². The number of rotatable bonds is 6. The molecule has 0 atom stereocenters. The average Bonchev–Trinajstić information content (AvgIpc) is 2.70. The van der Waals surface area contributed by atoms with Gasteiger partial charge in [0.1, 0.15) is 11.5 Å². The maximum atomic E-state index is 6.19. The van der Waals surface area contributed by atoms with Crippen molar-refractivity contribution in [1.82, 2.24) is 4.90 Å². The number of benzene rings is 2. The molecule has 2 aromatic carbocycles. The largest absolute Gasteiger partial charge is 0.457 e. The highest BCUT2D eigenvalue weighted by Gasteiger charge is 2.15. The quantitative estimate of drug-likeness (QED) is 0.394. The fraction of sp³-hybridized carbons (Fsp3) is 0.480. The predicted molar refractivity (Wildman–Crippen MR) is 119 cm³/mol. The second-order valence-electron chi connectivity index (χ2n) is 8.41. The monoisotopic (exact) mass is 378 g/mol. The summed E-state index contributed by atoms with van der Waals surface area (Å²) in [5, 5.41) is 0. The normalized spacial score (nSPS) is 15.4. The molecule has 1 aliphatic carbocycles. The van der Waals surface area contributed by atoms with Crippen LogP contribution in [0.15, 0.2) is 41.4 Å². The molecule has 3 rings (SSSR count). The first-order chi connectivity index (χ1) is 13.4. The van der Waals surface area contributed by atoms with Crippen LogP contribution in [0.1, 0.15) is 68.6 Å². The van der Waals surface area contributed by atoms with E-state index in [1.54, 1.807) is 0 Å². The highest BCUT2D eigenvalue weighted by Crippen LogP contribution is 2.35. The van der Waals surface area contributed by atoms with Crippen LogP contribution in [0.5, 0.6) is 11.5 Å². The Bertz CT molecular complexity index is 802. The molecule has 150 valence electrons. The molecule has 0 unspecified atom stereocenters. The van der Waals surface area contributed by atoms with Gasteiger partial charge in [0.25, 0.3) is 0 Å². The van der Waals surface area contributed by atoms with Crippen molar-refractivity contribution in [2.24, 2.45) is 4.99 Å². The number of ether oxygens (including phenoxy) is 1. The Labute approximate surface area is 170 Å². The standard InChI is InChI=1S/C25H34N2O/c1-18(2)27(5)17-26-24-15-20(4)25(16-19(24)3)28-23-13-11-22(12-14-23)21-9-7-6-8-10-21/h11-18,21H,6-10H2,1-5H3/b26-17-. The van der Waals surface area contributed by atoms with Crippen molar-refractivity contribution in [1.29, 1.82) is 0 Å². The number of hydrogen-bond acceptors (Lipinski definition) is 2. The lowest BCUT2D eigenvalue weighted by molar-refractivity contribution is 0.429. The van der Waals surface area contributed by atoms with Crippen LogP contribution in [0.3, 0.4) is 0 Å². The minimum atomic E-state index is 0.435. The van der Waals surface area contributed by atoms with E-state index in [4.69, 9.17) is 4.74 Å². The highest BCUT2D eigenvalue weighted by molar-refractivity contribution is 5.65. The minimum Gasteiger partial charge on any atom is -0.457 e. The highest BCUT2D eigenvalue weighted by atomic mass is 16.5. The van der Waals surface area contributed by atoms with Crippen molar-refractivity contribution in [3.05, 3.63) is 53.1 Å². The molecule has 3 nitrogen and oxygen atoms in total. The molecule has 0 saturated heterocycles. The van der Waals surface area contributed by atoms with Crippen molar-refractivity contribution in [2.45, 2.75) is 71.8 Å². The Morgan fingerprint density at radius 3 is 2.32 bits per heavy atom. The van der Waals surface area contributed by atoms with Gasteiger partial charge in [0.2, 0.25) is 0 Å². The van der Waals surface area contributed by atoms with Gasteiger partial charge < -0.3 is 9.64 Å². The van der Waals surface area contributed by atoms with E-state index in [0.29, 0.717) is 6.04 Å². The van der Waals surface area contributed by atoms with Crippen molar-refractivity contribution >= 4 is 12.0 Å². The Hall–Kier alpha value is -2.29. The fourth-order valence-corrected chi connectivity index (χ4v) is 3.68. The first kappa shape index (κ1) is 20.4. The maximum absolute atomic E-state index is 6.19. The topological polar surface area (TPSA) is 24.8 Å². The second kappa shape index (κ2) is 9.27. The van der Waals surface area contributed by atoms with Crippen molar-refractivity contribution in [2.75, 3.05) is 7.05 Å². The maximum Gasteiger partial charge on any atom is 0.130 e. The summed E-state index contributed by atoms with van der Waals surface area (Å²) in [5.74, 6) is 2.53. The molecule has 1 saturated carbocycles. The van der Waals surface area contributed by atoms with E-state index in [1.807, 2.05) is 13.4 Å². The van der Waals surface area contributed by atoms with Crippen LogP contribution in [0.2, 0.25) is 0 Å². The van der Waals surface area contributed by atoms with E-state index in [0.717, 1.165) is 34.2 Å². The van der Waals surface area contributed by atoms with Crippen LogP contribution in [0.4, 0.5) is 5.69 Å². The zero-order valence-electron chi connectivity index (χ0n) is 18.0. The van der Waals surface area contributed by atoms with Gasteiger partial charge in [-0.25, -0.2) is 4.99 Å². The van der Waals surface area contributed by atoms with Crippen LogP contribution in [-0.4, -0.2) is 24.3 Å². The third-order valence-electron chi connectivity index (χ3n) is 5.87. The third kappa shape index (κ3) is 5.15. The first-order valence-electron chi connectivity index (χ1n) is 10.6. The summed E-state index contributed by atoms with van der Waals surface area (Å²) < 4.78 is 6.19. The van der Waals surface area contributed by atoms with Gasteiger partial charge in [0.05, 0.1) is 12.0 Å². The molecular weight excluding hydrogens is 344 g/mol. The van der Waals surface area contributed by atoms with Crippen molar-refractivity contribution < 1.29 is 4.74 Å². The molecule has 0 bridgehead atoms. The molecule has 3 heteroatoms. The summed E-state index contributed by atoms with van der Waals surface area (Å²) in [7, 11) is 2.05. The lowest BCUT2D eigenvalue weighted by atomic mass is 9.84. The molecule has 1 fully saturated rings. The van der Waals surface area contributed by atoms with Gasteiger partial charge in [-0.15, -0.1) is 0 Å². The molecule has 0 amide bonds. The number of aryl methyl sites for hydroxylation is 2. The van der Waals surface area contributed by atoms with E-state index in [1.165, 1.54) is 37.7 Å². The number of aliphatic imine (C=N–C) groups is 1. The Morgan fingerprint density at radius 2 is 1.68 bits per heavy atom. The van der Waals surface area contributed by atoms with Crippen LogP contribution in [0.25, 0.3) is 0 Å². The molecule has 0 aromatic heterocycles. The van der Waals surface area contributed by atoms with E-state index in [-0.39, 0.29) is 0 Å². The molecule has 1 aliphatic rings. The predicted octanol–water partition coefficient (Wildman–Crippen LogP) is 7.14. The summed E-state index contributed by atoms with van der Waals surface area (Å²) >= 11 is 0. The van der Waals surface area contributed by atoms with Gasteiger partial charge in [0, 0.05) is 13.1 Å². The summed E-state index contributed by atoms with van der Waals surface area (Å²) in [5.41, 5.74) is 4.66. The van der Waals surface area contributed by atoms with Crippen molar-refractivity contribution in [3.63, 3.8) is 0 Å². The molecule has 2 aromatic rings. The Morgan fingerprint density at radius 1 is 1.00 bits per heavy atom. The van der Waals surface area contributed by atoms with E-state index in [9.17, 15) is 0 Å². The number of nitrogens with zero attached hydrogens (tertiary/aromatic N) is 2. The molecule has 0 spiro atoms. The Kier molecular flexibility index (Phi) is 6.77. The molecule has 0 heterocycles. The van der Waals surface area contributed by atoms with Crippen LogP contribution in [0, 0.1) is 13.8 Å². The van der Waals surface area contributed by atoms with Gasteiger partial charge >= 0.3 is 0 Å². The van der Waals surface area contributed by atoms with E-state index in [2.05, 4.69) is 74.0 Å². The average molecular weight is 379 g/mol. The van der Waals surface area contributed by atoms with Crippen LogP contribution < -0.4 is 4.74 Å². The lowest BCUT2D eigenvalue weighted by Gasteiger charge is -2.22. The zero-order valence-corrected chi connectivity index (χ0v) is 18.0. The van der Waals surface area contributed by atoms with Gasteiger partial charge in [-0.3, -0.25) is 0 Å². The Balaban J connectivity index is 1.71. The number of hydrogen-bond donors (Lipinski definition) is 0. The summed E-state index contributed by atoms with van der Waals surface area (Å²) in [6, 6.07) is 13.3. The molecule has 0 N–H and O–H groups in total. The summed E-state index contributed by atoms with van der Waals surface area (Å²) in [6.45, 7) is 8.47. The molecule has 0 aliphatic heterocycles. The van der Waals surface area contributed by atoms with Gasteiger partial charge in [-0.05, 0) is 87.4 Å². The van der Waals surface area contributed by atoms with Crippen LogP contribution >= 0.6 is 0 Å². The summed E-state index contributed by atoms with van der Waals surface area (Å²) in [6.07, 6.45) is 8.67. The third-order valence-corrected chi connectivity index (χ3v) is 5.87. The smallest absolute Gasteiger partial charge is 0.130 e. The fourth-order valence-electron chi connectivity index (χ4n) is 3.68. The molecular formula is C25H34N2O. The summed E-state index contributed by atoms with van der Waals surface area (Å²) in [4.78, 5) is 6.75. The van der Waals surface area contributed by atoms with Gasteiger partial charge in [-0.1, -0.05) is 31.4 Å². The van der Waals surface area contributed by atoms with Crippen molar-refractivity contribution in [3.8, 4) is 11.5 Å². The molecule has 0 radical (unpaired) electrons. The van der Waals surface area contributed by atoms with Gasteiger partial charge in [0.15, 0.2) is 0 Å². The van der Waals surface area contributed by atoms with E-state index < -0.39 is 0 Å². The minimum absolute atomic E-state index is 0.435. The second-order valence-corrected chi connectivity index (χ2v) is 8.41. The van der Waals surface area contributed by atoms with Crippen LogP contribution in [-0.2, 0) is 0 Å². The zero-order chi connectivity index (χ0) is 20.1. The van der Waals surface area contributed by atoms with Gasteiger partial charge in [-0.2, -0.15) is 0 Å².